The maximum absolute atomic E-state index is 12.8. The molecule has 0 aliphatic carbocycles. The van der Waals surface area contributed by atoms with Crippen LogP contribution in [0.1, 0.15) is 43.4 Å². The maximum Gasteiger partial charge on any atom is 0.243 e. The number of nitrogens with one attached hydrogen (secondary N) is 1. The summed E-state index contributed by atoms with van der Waals surface area (Å²) < 4.78 is 38.6. The fourth-order valence-electron chi connectivity index (χ4n) is 4.92. The van der Waals surface area contributed by atoms with Gasteiger partial charge in [-0.15, -0.1) is 0 Å². The van der Waals surface area contributed by atoms with Gasteiger partial charge in [-0.2, -0.15) is 4.31 Å². The third-order valence-electron chi connectivity index (χ3n) is 6.86. The fraction of sp³-hybridized carbons (Fsp3) is 0.480. The molecule has 34 heavy (non-hydrogen) atoms. The number of hydrogen-bond acceptors (Lipinski definition) is 6. The molecule has 2 aromatic carbocycles. The van der Waals surface area contributed by atoms with E-state index in [-0.39, 0.29) is 23.4 Å². The molecule has 0 saturated carbocycles. The zero-order chi connectivity index (χ0) is 23.7. The second kappa shape index (κ2) is 9.56. The number of fused-ring (bicyclic) bond motifs is 2. The van der Waals surface area contributed by atoms with Crippen molar-refractivity contribution in [2.24, 2.45) is 0 Å². The van der Waals surface area contributed by atoms with E-state index >= 15 is 0 Å². The zero-order valence-corrected chi connectivity index (χ0v) is 20.3. The molecular formula is C25H31N3O5S. The molecule has 0 bridgehead atoms. The topological polar surface area (TPSA) is 88.2 Å². The predicted molar refractivity (Wildman–Crippen MR) is 129 cm³/mol. The van der Waals surface area contributed by atoms with Crippen molar-refractivity contribution in [3.8, 4) is 11.5 Å². The van der Waals surface area contributed by atoms with Gasteiger partial charge in [0.1, 0.15) is 0 Å². The summed E-state index contributed by atoms with van der Waals surface area (Å²) >= 11 is 0. The van der Waals surface area contributed by atoms with E-state index in [9.17, 15) is 13.2 Å². The molecule has 0 aromatic heterocycles. The number of carbonyl (C=O) groups is 1. The van der Waals surface area contributed by atoms with Crippen LogP contribution < -0.4 is 14.8 Å². The fourth-order valence-corrected chi connectivity index (χ4v) is 6.43. The van der Waals surface area contributed by atoms with Gasteiger partial charge in [-0.05, 0) is 73.7 Å². The highest BCUT2D eigenvalue weighted by molar-refractivity contribution is 7.89. The van der Waals surface area contributed by atoms with Crippen LogP contribution in [0.3, 0.4) is 0 Å². The number of benzene rings is 2. The van der Waals surface area contributed by atoms with Crippen LogP contribution >= 0.6 is 0 Å². The third kappa shape index (κ3) is 4.64. The minimum Gasteiger partial charge on any atom is -0.490 e. The molecule has 0 radical (unpaired) electrons. The molecule has 1 atom stereocenters. The Kier molecular flexibility index (Phi) is 6.50. The van der Waals surface area contributed by atoms with Crippen LogP contribution in [0.5, 0.6) is 11.5 Å². The Morgan fingerprint density at radius 2 is 1.68 bits per heavy atom. The summed E-state index contributed by atoms with van der Waals surface area (Å²) in [7, 11) is -3.46. The van der Waals surface area contributed by atoms with Gasteiger partial charge in [0.2, 0.25) is 15.9 Å². The van der Waals surface area contributed by atoms with E-state index in [1.165, 1.54) is 15.4 Å². The highest BCUT2D eigenvalue weighted by Gasteiger charge is 2.29. The molecule has 3 aliphatic heterocycles. The van der Waals surface area contributed by atoms with E-state index in [2.05, 4.69) is 29.3 Å². The van der Waals surface area contributed by atoms with E-state index in [4.69, 9.17) is 9.47 Å². The van der Waals surface area contributed by atoms with Gasteiger partial charge in [-0.1, -0.05) is 0 Å². The first-order chi connectivity index (χ1) is 16.4. The van der Waals surface area contributed by atoms with Gasteiger partial charge in [0.05, 0.1) is 24.7 Å². The maximum atomic E-state index is 12.8. The lowest BCUT2D eigenvalue weighted by molar-refractivity contribution is -0.117. The number of carbonyl (C=O) groups excluding carboxylic acids is 1. The summed E-state index contributed by atoms with van der Waals surface area (Å²) in [6.45, 7) is 5.58. The number of hydrogen-bond donors (Lipinski definition) is 1. The number of nitrogens with zero attached hydrogens (tertiary/aromatic N) is 2. The summed E-state index contributed by atoms with van der Waals surface area (Å²) in [5.74, 6) is 1.46. The smallest absolute Gasteiger partial charge is 0.243 e. The quantitative estimate of drug-likeness (QED) is 0.700. The van der Waals surface area contributed by atoms with Crippen LogP contribution in [0.15, 0.2) is 41.3 Å². The molecular weight excluding hydrogens is 454 g/mol. The largest absolute Gasteiger partial charge is 0.490 e. The Balaban J connectivity index is 1.23. The summed E-state index contributed by atoms with van der Waals surface area (Å²) in [5.41, 5.74) is 2.99. The summed E-state index contributed by atoms with van der Waals surface area (Å²) in [5, 5.41) is 2.91. The number of sulfonamides is 1. The van der Waals surface area contributed by atoms with E-state index in [0.29, 0.717) is 32.0 Å². The predicted octanol–water partition coefficient (Wildman–Crippen LogP) is 3.19. The highest BCUT2D eigenvalue weighted by atomic mass is 32.2. The average Bonchev–Trinajstić information content (AvgIpc) is 3.28. The monoisotopic (exact) mass is 485 g/mol. The van der Waals surface area contributed by atoms with E-state index in [1.807, 2.05) is 0 Å². The zero-order valence-electron chi connectivity index (χ0n) is 19.5. The van der Waals surface area contributed by atoms with Crippen molar-refractivity contribution >= 4 is 21.6 Å². The number of rotatable bonds is 5. The second-order valence-electron chi connectivity index (χ2n) is 9.13. The molecule has 3 heterocycles. The Morgan fingerprint density at radius 1 is 1.00 bits per heavy atom. The van der Waals surface area contributed by atoms with Crippen molar-refractivity contribution in [1.29, 1.82) is 0 Å². The minimum absolute atomic E-state index is 0.0691. The van der Waals surface area contributed by atoms with Crippen LogP contribution in [0.25, 0.3) is 0 Å². The van der Waals surface area contributed by atoms with Crippen molar-refractivity contribution in [3.05, 3.63) is 47.5 Å². The van der Waals surface area contributed by atoms with Crippen molar-refractivity contribution in [2.45, 2.75) is 43.5 Å². The Morgan fingerprint density at radius 3 is 2.38 bits per heavy atom. The lowest BCUT2D eigenvalue weighted by atomic mass is 9.93. The SMILES string of the molecule is C[C@H]1c2cc3c(cc2CCN1CC(=O)Nc1ccc(S(=O)(=O)N2CCCC2)cc1)OCCCO3. The van der Waals surface area contributed by atoms with E-state index in [0.717, 1.165) is 43.7 Å². The number of anilines is 1. The van der Waals surface area contributed by atoms with Gasteiger partial charge >= 0.3 is 0 Å². The lowest BCUT2D eigenvalue weighted by Gasteiger charge is -2.35. The Hall–Kier alpha value is -2.62. The molecule has 2 aromatic rings. The van der Waals surface area contributed by atoms with Crippen LogP contribution in [-0.4, -0.2) is 62.9 Å². The number of ether oxygens (including phenoxy) is 2. The van der Waals surface area contributed by atoms with Crippen molar-refractivity contribution in [3.63, 3.8) is 0 Å². The molecule has 9 heteroatoms. The van der Waals surface area contributed by atoms with Crippen molar-refractivity contribution in [2.75, 3.05) is 44.7 Å². The van der Waals surface area contributed by atoms with Crippen LogP contribution in [-0.2, 0) is 21.2 Å². The molecule has 8 nitrogen and oxygen atoms in total. The van der Waals surface area contributed by atoms with Gasteiger partial charge in [-0.3, -0.25) is 9.69 Å². The molecule has 1 fully saturated rings. The van der Waals surface area contributed by atoms with Gasteiger partial charge in [0, 0.05) is 37.8 Å². The van der Waals surface area contributed by atoms with E-state index in [1.54, 1.807) is 24.3 Å². The number of amides is 1. The molecule has 5 rings (SSSR count). The van der Waals surface area contributed by atoms with Crippen LogP contribution in [0.4, 0.5) is 5.69 Å². The van der Waals surface area contributed by atoms with Crippen LogP contribution in [0, 0.1) is 0 Å². The van der Waals surface area contributed by atoms with Crippen LogP contribution in [0.2, 0.25) is 0 Å². The standard InChI is InChI=1S/C25H31N3O5S/c1-18-22-16-24-23(32-13-4-14-33-24)15-19(22)9-12-27(18)17-25(29)26-20-5-7-21(8-6-20)34(30,31)28-10-2-3-11-28/h5-8,15-16,18H,2-4,9-14,17H2,1H3,(H,26,29)/t18-/m0/s1. The molecule has 0 spiro atoms. The molecule has 3 aliphatic rings. The first kappa shape index (κ1) is 23.1. The summed E-state index contributed by atoms with van der Waals surface area (Å²) in [6.07, 6.45) is 3.51. The van der Waals surface area contributed by atoms with Gasteiger partial charge < -0.3 is 14.8 Å². The van der Waals surface area contributed by atoms with Crippen molar-refractivity contribution < 1.29 is 22.7 Å². The summed E-state index contributed by atoms with van der Waals surface area (Å²) in [4.78, 5) is 15.2. The highest BCUT2D eigenvalue weighted by Crippen LogP contribution is 2.39. The third-order valence-corrected chi connectivity index (χ3v) is 8.78. The van der Waals surface area contributed by atoms with E-state index < -0.39 is 10.0 Å². The Labute approximate surface area is 200 Å². The van der Waals surface area contributed by atoms with Gasteiger partial charge in [0.15, 0.2) is 11.5 Å². The Bertz CT molecular complexity index is 1160. The molecule has 0 unspecified atom stereocenters. The molecule has 1 amide bonds. The molecule has 1 saturated heterocycles. The first-order valence-corrected chi connectivity index (χ1v) is 13.4. The molecule has 1 N–H and O–H groups in total. The minimum atomic E-state index is -3.46. The molecule has 182 valence electrons. The normalized spacial score (nSPS) is 21.0. The van der Waals surface area contributed by atoms with Crippen molar-refractivity contribution in [1.82, 2.24) is 9.21 Å². The second-order valence-corrected chi connectivity index (χ2v) is 11.1. The average molecular weight is 486 g/mol. The van der Waals surface area contributed by atoms with Gasteiger partial charge in [0.25, 0.3) is 0 Å². The lowest BCUT2D eigenvalue weighted by Crippen LogP contribution is -2.39. The summed E-state index contributed by atoms with van der Waals surface area (Å²) in [6, 6.07) is 10.7. The first-order valence-electron chi connectivity index (χ1n) is 12.0. The van der Waals surface area contributed by atoms with Gasteiger partial charge in [-0.25, -0.2) is 8.42 Å².